The van der Waals surface area contributed by atoms with Crippen LogP contribution in [0.5, 0.6) is 0 Å². The summed E-state index contributed by atoms with van der Waals surface area (Å²) in [7, 11) is 1.93. The van der Waals surface area contributed by atoms with Gasteiger partial charge in [-0.15, -0.1) is 10.2 Å². The molecule has 0 amide bonds. The summed E-state index contributed by atoms with van der Waals surface area (Å²) in [5.41, 5.74) is 1.12. The molecule has 1 aliphatic heterocycles. The molecule has 0 bridgehead atoms. The molecule has 0 aromatic carbocycles. The SMILES string of the molecule is CN(c1nccc(C#N)n1)C1CN(c2nccn3cnnc23)C1. The highest BCUT2D eigenvalue weighted by Gasteiger charge is 2.33. The van der Waals surface area contributed by atoms with Gasteiger partial charge in [-0.2, -0.15) is 5.26 Å². The van der Waals surface area contributed by atoms with E-state index in [9.17, 15) is 0 Å². The minimum atomic E-state index is 0.258. The number of hydrogen-bond acceptors (Lipinski definition) is 8. The zero-order valence-corrected chi connectivity index (χ0v) is 12.4. The molecular weight excluding hydrogens is 294 g/mol. The molecule has 9 heteroatoms. The third-order valence-corrected chi connectivity index (χ3v) is 3.98. The topological polar surface area (TPSA) is 99.1 Å². The maximum Gasteiger partial charge on any atom is 0.226 e. The van der Waals surface area contributed by atoms with Gasteiger partial charge in [-0.05, 0) is 6.07 Å². The number of rotatable bonds is 3. The summed E-state index contributed by atoms with van der Waals surface area (Å²) in [6.07, 6.45) is 6.82. The van der Waals surface area contributed by atoms with Crippen molar-refractivity contribution < 1.29 is 0 Å². The monoisotopic (exact) mass is 307 g/mol. The average Bonchev–Trinajstić information content (AvgIpc) is 3.03. The highest BCUT2D eigenvalue weighted by atomic mass is 15.4. The molecule has 0 radical (unpaired) electrons. The van der Waals surface area contributed by atoms with Crippen LogP contribution in [0, 0.1) is 11.3 Å². The fourth-order valence-corrected chi connectivity index (χ4v) is 2.59. The third kappa shape index (κ3) is 2.20. The van der Waals surface area contributed by atoms with Crippen LogP contribution < -0.4 is 9.80 Å². The van der Waals surface area contributed by atoms with Gasteiger partial charge in [-0.25, -0.2) is 15.0 Å². The molecule has 0 atom stereocenters. The smallest absolute Gasteiger partial charge is 0.226 e. The molecule has 0 saturated carbocycles. The van der Waals surface area contributed by atoms with Crippen LogP contribution in [0.3, 0.4) is 0 Å². The van der Waals surface area contributed by atoms with E-state index >= 15 is 0 Å². The van der Waals surface area contributed by atoms with Crippen LogP contribution in [0.1, 0.15) is 5.69 Å². The largest absolute Gasteiger partial charge is 0.349 e. The predicted molar refractivity (Wildman–Crippen MR) is 81.9 cm³/mol. The average molecular weight is 307 g/mol. The van der Waals surface area contributed by atoms with Crippen LogP contribution >= 0.6 is 0 Å². The summed E-state index contributed by atoms with van der Waals surface area (Å²) in [5, 5.41) is 16.9. The number of anilines is 2. The van der Waals surface area contributed by atoms with E-state index in [0.29, 0.717) is 11.6 Å². The van der Waals surface area contributed by atoms with Crippen molar-refractivity contribution in [3.8, 4) is 6.07 Å². The Kier molecular flexibility index (Phi) is 3.01. The van der Waals surface area contributed by atoms with Crippen molar-refractivity contribution in [1.82, 2.24) is 29.5 Å². The third-order valence-electron chi connectivity index (χ3n) is 3.98. The number of likely N-dealkylation sites (N-methyl/N-ethyl adjacent to an activating group) is 1. The minimum absolute atomic E-state index is 0.258. The summed E-state index contributed by atoms with van der Waals surface area (Å²) < 4.78 is 1.85. The van der Waals surface area contributed by atoms with Gasteiger partial charge >= 0.3 is 0 Å². The van der Waals surface area contributed by atoms with E-state index in [1.54, 1.807) is 24.8 Å². The molecule has 4 heterocycles. The van der Waals surface area contributed by atoms with Crippen molar-refractivity contribution in [1.29, 1.82) is 5.26 Å². The zero-order valence-electron chi connectivity index (χ0n) is 12.4. The Balaban J connectivity index is 1.51. The highest BCUT2D eigenvalue weighted by Crippen LogP contribution is 2.25. The molecule has 9 nitrogen and oxygen atoms in total. The van der Waals surface area contributed by atoms with Crippen molar-refractivity contribution in [2.24, 2.45) is 0 Å². The Hall–Kier alpha value is -3.28. The van der Waals surface area contributed by atoms with Crippen LogP contribution in [0.2, 0.25) is 0 Å². The lowest BCUT2D eigenvalue weighted by molar-refractivity contribution is 0.487. The maximum absolute atomic E-state index is 8.93. The quantitative estimate of drug-likeness (QED) is 0.672. The Morgan fingerprint density at radius 3 is 3.00 bits per heavy atom. The van der Waals surface area contributed by atoms with Crippen LogP contribution in [-0.2, 0) is 0 Å². The molecule has 0 N–H and O–H groups in total. The first-order chi connectivity index (χ1) is 11.3. The van der Waals surface area contributed by atoms with Gasteiger partial charge in [0.05, 0.1) is 6.04 Å². The first-order valence-corrected chi connectivity index (χ1v) is 7.11. The first kappa shape index (κ1) is 13.4. The van der Waals surface area contributed by atoms with Gasteiger partial charge in [-0.1, -0.05) is 0 Å². The van der Waals surface area contributed by atoms with Crippen LogP contribution in [0.4, 0.5) is 11.8 Å². The number of hydrogen-bond donors (Lipinski definition) is 0. The second-order valence-corrected chi connectivity index (χ2v) is 5.34. The molecule has 0 spiro atoms. The van der Waals surface area contributed by atoms with Crippen molar-refractivity contribution >= 4 is 17.4 Å². The molecule has 0 aliphatic carbocycles. The molecule has 4 rings (SSSR count). The summed E-state index contributed by atoms with van der Waals surface area (Å²) in [5.74, 6) is 1.38. The zero-order chi connectivity index (χ0) is 15.8. The fourth-order valence-electron chi connectivity index (χ4n) is 2.59. The second kappa shape index (κ2) is 5.17. The van der Waals surface area contributed by atoms with E-state index in [4.69, 9.17) is 5.26 Å². The van der Waals surface area contributed by atoms with Gasteiger partial charge in [0.1, 0.15) is 18.1 Å². The maximum atomic E-state index is 8.93. The van der Waals surface area contributed by atoms with E-state index in [2.05, 4.69) is 30.0 Å². The molecule has 114 valence electrons. The van der Waals surface area contributed by atoms with Gasteiger partial charge in [0, 0.05) is 38.7 Å². The van der Waals surface area contributed by atoms with Crippen molar-refractivity contribution in [2.45, 2.75) is 6.04 Å². The molecule has 1 saturated heterocycles. The number of fused-ring (bicyclic) bond motifs is 1. The standard InChI is InChI=1S/C14H13N9/c1-21(14-17-3-2-10(6-15)19-14)11-7-23(8-11)12-13-20-18-9-22(13)5-4-16-12/h2-5,9,11H,7-8H2,1H3. The number of nitrogens with zero attached hydrogens (tertiary/aromatic N) is 9. The number of nitriles is 1. The second-order valence-electron chi connectivity index (χ2n) is 5.34. The number of aromatic nitrogens is 6. The summed E-state index contributed by atoms with van der Waals surface area (Å²) in [4.78, 5) is 17.0. The van der Waals surface area contributed by atoms with Crippen molar-refractivity contribution in [3.05, 3.63) is 36.7 Å². The molecule has 3 aromatic heterocycles. The van der Waals surface area contributed by atoms with Gasteiger partial charge < -0.3 is 9.80 Å². The fraction of sp³-hybridized carbons (Fsp3) is 0.286. The summed E-state index contributed by atoms with van der Waals surface area (Å²) >= 11 is 0. The van der Waals surface area contributed by atoms with E-state index in [1.165, 1.54) is 0 Å². The Labute approximate surface area is 131 Å². The lowest BCUT2D eigenvalue weighted by Crippen LogP contribution is -2.59. The van der Waals surface area contributed by atoms with Crippen LogP contribution in [0.25, 0.3) is 5.65 Å². The van der Waals surface area contributed by atoms with Gasteiger partial charge in [0.2, 0.25) is 11.6 Å². The lowest BCUT2D eigenvalue weighted by atomic mass is 10.1. The molecular formula is C14H13N9. The van der Waals surface area contributed by atoms with E-state index < -0.39 is 0 Å². The van der Waals surface area contributed by atoms with Gasteiger partial charge in [0.25, 0.3) is 0 Å². The van der Waals surface area contributed by atoms with E-state index in [1.807, 2.05) is 28.6 Å². The molecule has 1 fully saturated rings. The Bertz CT molecular complexity index is 890. The van der Waals surface area contributed by atoms with E-state index in [0.717, 1.165) is 24.6 Å². The molecule has 1 aliphatic rings. The molecule has 0 unspecified atom stereocenters. The summed E-state index contributed by atoms with van der Waals surface area (Å²) in [6, 6.07) is 3.89. The molecule has 23 heavy (non-hydrogen) atoms. The Morgan fingerprint density at radius 1 is 1.30 bits per heavy atom. The van der Waals surface area contributed by atoms with Crippen LogP contribution in [-0.4, -0.2) is 55.7 Å². The highest BCUT2D eigenvalue weighted by molar-refractivity contribution is 5.65. The summed E-state index contributed by atoms with van der Waals surface area (Å²) in [6.45, 7) is 1.58. The molecule has 3 aromatic rings. The van der Waals surface area contributed by atoms with Crippen LogP contribution in [0.15, 0.2) is 31.0 Å². The Morgan fingerprint density at radius 2 is 2.17 bits per heavy atom. The van der Waals surface area contributed by atoms with Gasteiger partial charge in [0.15, 0.2) is 5.82 Å². The van der Waals surface area contributed by atoms with Gasteiger partial charge in [-0.3, -0.25) is 4.40 Å². The first-order valence-electron chi connectivity index (χ1n) is 7.11. The normalized spacial score (nSPS) is 14.5. The van der Waals surface area contributed by atoms with E-state index in [-0.39, 0.29) is 6.04 Å². The van der Waals surface area contributed by atoms with Crippen molar-refractivity contribution in [3.63, 3.8) is 0 Å². The van der Waals surface area contributed by atoms with Crippen molar-refractivity contribution in [2.75, 3.05) is 29.9 Å². The minimum Gasteiger partial charge on any atom is -0.349 e. The lowest BCUT2D eigenvalue weighted by Gasteiger charge is -2.44. The predicted octanol–water partition coefficient (Wildman–Crippen LogP) is 0.111.